The first-order chi connectivity index (χ1) is 9.95. The Balaban J connectivity index is 2.39. The predicted octanol–water partition coefficient (Wildman–Crippen LogP) is 0.810. The molecule has 0 spiro atoms. The summed E-state index contributed by atoms with van der Waals surface area (Å²) in [7, 11) is 2.95. The molecule has 1 unspecified atom stereocenters. The lowest BCUT2D eigenvalue weighted by Crippen LogP contribution is -2.45. The van der Waals surface area contributed by atoms with Crippen molar-refractivity contribution in [3.63, 3.8) is 0 Å². The van der Waals surface area contributed by atoms with E-state index in [1.54, 1.807) is 14.0 Å². The molecule has 0 aliphatic carbocycles. The van der Waals surface area contributed by atoms with E-state index in [0.29, 0.717) is 18.5 Å². The number of rotatable bonds is 7. The van der Waals surface area contributed by atoms with Gasteiger partial charge in [0.2, 0.25) is 5.91 Å². The van der Waals surface area contributed by atoms with Gasteiger partial charge in [-0.3, -0.25) is 14.4 Å². The predicted molar refractivity (Wildman–Crippen MR) is 74.5 cm³/mol. The summed E-state index contributed by atoms with van der Waals surface area (Å²) in [6.07, 6.45) is 3.47. The van der Waals surface area contributed by atoms with Gasteiger partial charge >= 0.3 is 5.97 Å². The molecule has 7 heteroatoms. The maximum Gasteiger partial charge on any atom is 0.305 e. The molecule has 0 aromatic carbocycles. The van der Waals surface area contributed by atoms with Crippen molar-refractivity contribution in [1.29, 1.82) is 0 Å². The fraction of sp³-hybridized carbons (Fsp3) is 0.500. The maximum absolute atomic E-state index is 12.1. The lowest BCUT2D eigenvalue weighted by atomic mass is 10.2. The molecule has 2 amide bonds. The summed E-state index contributed by atoms with van der Waals surface area (Å²) in [6, 6.07) is 0.864. The average molecular weight is 296 g/mol. The van der Waals surface area contributed by atoms with Crippen LogP contribution in [0.15, 0.2) is 23.0 Å². The summed E-state index contributed by atoms with van der Waals surface area (Å²) in [5.74, 6) is -0.901. The Morgan fingerprint density at radius 1 is 1.43 bits per heavy atom. The third-order valence-electron chi connectivity index (χ3n) is 2.98. The lowest BCUT2D eigenvalue weighted by molar-refractivity contribution is -0.141. The monoisotopic (exact) mass is 296 g/mol. The minimum absolute atomic E-state index is 0.225. The van der Waals surface area contributed by atoms with Crippen molar-refractivity contribution in [2.24, 2.45) is 0 Å². The van der Waals surface area contributed by atoms with Gasteiger partial charge in [-0.2, -0.15) is 0 Å². The first-order valence-electron chi connectivity index (χ1n) is 6.60. The Labute approximate surface area is 123 Å². The van der Waals surface area contributed by atoms with Gasteiger partial charge in [-0.15, -0.1) is 0 Å². The molecule has 1 aromatic heterocycles. The minimum Gasteiger partial charge on any atom is -0.472 e. The van der Waals surface area contributed by atoms with Crippen molar-refractivity contribution >= 4 is 17.8 Å². The van der Waals surface area contributed by atoms with Crippen molar-refractivity contribution in [3.05, 3.63) is 24.2 Å². The molecule has 1 atom stereocenters. The SMILES string of the molecule is COC(=O)CCCN(C)C(=O)C(C)NC(=O)c1ccoc1. The third-order valence-corrected chi connectivity index (χ3v) is 2.98. The molecule has 1 aromatic rings. The normalized spacial score (nSPS) is 11.6. The Hall–Kier alpha value is -2.31. The Morgan fingerprint density at radius 2 is 2.14 bits per heavy atom. The van der Waals surface area contributed by atoms with Crippen molar-refractivity contribution in [2.45, 2.75) is 25.8 Å². The number of nitrogens with one attached hydrogen (secondary N) is 1. The van der Waals surface area contributed by atoms with E-state index in [9.17, 15) is 14.4 Å². The fourth-order valence-corrected chi connectivity index (χ4v) is 1.74. The van der Waals surface area contributed by atoms with Gasteiger partial charge in [0.25, 0.3) is 5.91 Å². The third kappa shape index (κ3) is 5.29. The van der Waals surface area contributed by atoms with Crippen LogP contribution in [0.4, 0.5) is 0 Å². The summed E-state index contributed by atoms with van der Waals surface area (Å²) < 4.78 is 9.34. The van der Waals surface area contributed by atoms with Crippen LogP contribution in [0.25, 0.3) is 0 Å². The molecule has 0 saturated carbocycles. The second-order valence-corrected chi connectivity index (χ2v) is 4.65. The summed E-state index contributed by atoms with van der Waals surface area (Å²) in [6.45, 7) is 2.02. The van der Waals surface area contributed by atoms with Crippen LogP contribution in [0, 0.1) is 0 Å². The van der Waals surface area contributed by atoms with Crippen LogP contribution in [0.3, 0.4) is 0 Å². The van der Waals surface area contributed by atoms with Gasteiger partial charge in [-0.05, 0) is 19.4 Å². The molecule has 0 bridgehead atoms. The van der Waals surface area contributed by atoms with Gasteiger partial charge in [-0.1, -0.05) is 0 Å². The largest absolute Gasteiger partial charge is 0.472 e. The topological polar surface area (TPSA) is 88.9 Å². The van der Waals surface area contributed by atoms with E-state index in [1.807, 2.05) is 0 Å². The number of esters is 1. The molecule has 0 aliphatic rings. The van der Waals surface area contributed by atoms with Gasteiger partial charge in [0.05, 0.1) is 18.9 Å². The number of amides is 2. The van der Waals surface area contributed by atoms with Crippen LogP contribution in [0.5, 0.6) is 0 Å². The minimum atomic E-state index is -0.657. The highest BCUT2D eigenvalue weighted by Gasteiger charge is 2.20. The molecule has 0 aliphatic heterocycles. The summed E-state index contributed by atoms with van der Waals surface area (Å²) in [4.78, 5) is 36.3. The highest BCUT2D eigenvalue weighted by molar-refractivity contribution is 5.97. The molecular formula is C14H20N2O5. The molecule has 116 valence electrons. The summed E-state index contributed by atoms with van der Waals surface area (Å²) in [5, 5.41) is 2.59. The van der Waals surface area contributed by atoms with Crippen molar-refractivity contribution < 1.29 is 23.5 Å². The van der Waals surface area contributed by atoms with Gasteiger partial charge in [-0.25, -0.2) is 0 Å². The first-order valence-corrected chi connectivity index (χ1v) is 6.60. The maximum atomic E-state index is 12.1. The van der Waals surface area contributed by atoms with E-state index < -0.39 is 6.04 Å². The zero-order valence-corrected chi connectivity index (χ0v) is 12.4. The van der Waals surface area contributed by atoms with Gasteiger partial charge in [0.15, 0.2) is 0 Å². The number of hydrogen-bond acceptors (Lipinski definition) is 5. The molecule has 0 saturated heterocycles. The van der Waals surface area contributed by atoms with Gasteiger partial charge < -0.3 is 19.4 Å². The van der Waals surface area contributed by atoms with Crippen LogP contribution in [0.1, 0.15) is 30.1 Å². The molecule has 21 heavy (non-hydrogen) atoms. The van der Waals surface area contributed by atoms with Crippen LogP contribution >= 0.6 is 0 Å². The van der Waals surface area contributed by atoms with Crippen molar-refractivity contribution in [3.8, 4) is 0 Å². The summed E-state index contributed by atoms with van der Waals surface area (Å²) >= 11 is 0. The van der Waals surface area contributed by atoms with Crippen molar-refractivity contribution in [2.75, 3.05) is 20.7 Å². The number of ether oxygens (including phenoxy) is 1. The van der Waals surface area contributed by atoms with E-state index in [1.165, 1.54) is 30.6 Å². The number of methoxy groups -OCH3 is 1. The fourth-order valence-electron chi connectivity index (χ4n) is 1.74. The molecular weight excluding hydrogens is 276 g/mol. The van der Waals surface area contributed by atoms with Gasteiger partial charge in [0.1, 0.15) is 12.3 Å². The number of nitrogens with zero attached hydrogens (tertiary/aromatic N) is 1. The molecule has 0 fully saturated rings. The zero-order chi connectivity index (χ0) is 15.8. The van der Waals surface area contributed by atoms with Crippen LogP contribution in [0.2, 0.25) is 0 Å². The smallest absolute Gasteiger partial charge is 0.305 e. The van der Waals surface area contributed by atoms with Crippen molar-refractivity contribution in [1.82, 2.24) is 10.2 Å². The van der Waals surface area contributed by atoms with E-state index >= 15 is 0 Å². The second-order valence-electron chi connectivity index (χ2n) is 4.65. The highest BCUT2D eigenvalue weighted by Crippen LogP contribution is 2.02. The standard InChI is InChI=1S/C14H20N2O5/c1-10(15-13(18)11-6-8-21-9-11)14(19)16(2)7-4-5-12(17)20-3/h6,8-10H,4-5,7H2,1-3H3,(H,15,18). The number of likely N-dealkylation sites (N-methyl/N-ethyl adjacent to an activating group) is 1. The number of hydrogen-bond donors (Lipinski definition) is 1. The highest BCUT2D eigenvalue weighted by atomic mass is 16.5. The molecule has 1 N–H and O–H groups in total. The molecule has 1 heterocycles. The average Bonchev–Trinajstić information content (AvgIpc) is 3.00. The number of carbonyl (C=O) groups is 3. The summed E-state index contributed by atoms with van der Waals surface area (Å²) in [5.41, 5.74) is 0.364. The molecule has 7 nitrogen and oxygen atoms in total. The van der Waals surface area contributed by atoms with Crippen LogP contribution in [-0.4, -0.2) is 49.4 Å². The van der Waals surface area contributed by atoms with E-state index in [4.69, 9.17) is 4.42 Å². The zero-order valence-electron chi connectivity index (χ0n) is 12.4. The van der Waals surface area contributed by atoms with E-state index in [2.05, 4.69) is 10.1 Å². The Bertz CT molecular complexity index is 484. The van der Waals surface area contributed by atoms with Crippen LogP contribution < -0.4 is 5.32 Å². The first kappa shape index (κ1) is 16.7. The Kier molecular flexibility index (Phi) is 6.45. The van der Waals surface area contributed by atoms with E-state index in [-0.39, 0.29) is 24.2 Å². The second kappa shape index (κ2) is 8.08. The lowest BCUT2D eigenvalue weighted by Gasteiger charge is -2.21. The number of furan rings is 1. The Morgan fingerprint density at radius 3 is 2.71 bits per heavy atom. The van der Waals surface area contributed by atoms with E-state index in [0.717, 1.165) is 0 Å². The van der Waals surface area contributed by atoms with Gasteiger partial charge in [0, 0.05) is 20.0 Å². The van der Waals surface area contributed by atoms with Crippen LogP contribution in [-0.2, 0) is 14.3 Å². The quantitative estimate of drug-likeness (QED) is 0.752. The number of carbonyl (C=O) groups excluding carboxylic acids is 3. The molecule has 1 rings (SSSR count). The molecule has 0 radical (unpaired) electrons.